The average molecular weight is 311 g/mol. The van der Waals surface area contributed by atoms with Gasteiger partial charge in [0.1, 0.15) is 6.54 Å². The Labute approximate surface area is 128 Å². The first-order chi connectivity index (χ1) is 9.65. The minimum Gasteiger partial charge on any atom is -0.340 e. The molecule has 1 fully saturated rings. The Balaban J connectivity index is 0.00000161. The van der Waals surface area contributed by atoms with E-state index in [1.807, 2.05) is 24.3 Å². The second kappa shape index (κ2) is 6.32. The number of carbonyl (C=O) groups excluding carboxylic acids is 1. The normalized spacial score (nSPS) is 18.5. The molecule has 1 aliphatic heterocycles. The van der Waals surface area contributed by atoms with Gasteiger partial charge in [-0.25, -0.2) is 4.79 Å². The molecule has 1 aromatic heterocycles. The SMILES string of the molecule is Cl.NC1CCCN(C(=O)Cn2c(=O)[nH]c3ccccc32)C1. The van der Waals surface area contributed by atoms with Gasteiger partial charge in [0.15, 0.2) is 0 Å². The standard InChI is InChI=1S/C14H18N4O2.ClH/c15-10-4-3-7-17(8-10)13(19)9-18-12-6-2-1-5-11(12)16-14(18)20;/h1-2,5-6,10H,3-4,7-9,15H2,(H,16,20);1H. The first-order valence-electron chi connectivity index (χ1n) is 6.86. The Hall–Kier alpha value is -1.79. The number of imidazole rings is 1. The fraction of sp³-hybridized carbons (Fsp3) is 0.429. The largest absolute Gasteiger partial charge is 0.340 e. The zero-order valence-electron chi connectivity index (χ0n) is 11.6. The topological polar surface area (TPSA) is 84.1 Å². The van der Waals surface area contributed by atoms with Crippen LogP contribution in [0.2, 0.25) is 0 Å². The molecule has 1 unspecified atom stereocenters. The summed E-state index contributed by atoms with van der Waals surface area (Å²) in [4.78, 5) is 28.7. The Morgan fingerprint density at radius 3 is 2.90 bits per heavy atom. The summed E-state index contributed by atoms with van der Waals surface area (Å²) in [6, 6.07) is 7.42. The second-order valence-electron chi connectivity index (χ2n) is 5.28. The lowest BCUT2D eigenvalue weighted by Gasteiger charge is -2.30. The van der Waals surface area contributed by atoms with Crippen LogP contribution in [0.3, 0.4) is 0 Å². The highest BCUT2D eigenvalue weighted by atomic mass is 35.5. The van der Waals surface area contributed by atoms with E-state index in [2.05, 4.69) is 4.98 Å². The summed E-state index contributed by atoms with van der Waals surface area (Å²) < 4.78 is 1.48. The molecule has 1 saturated heterocycles. The summed E-state index contributed by atoms with van der Waals surface area (Å²) in [7, 11) is 0. The number of hydrogen-bond donors (Lipinski definition) is 2. The molecule has 1 atom stereocenters. The van der Waals surface area contributed by atoms with Crippen molar-refractivity contribution in [2.45, 2.75) is 25.4 Å². The maximum Gasteiger partial charge on any atom is 0.326 e. The number of piperidine rings is 1. The number of likely N-dealkylation sites (tertiary alicyclic amines) is 1. The smallest absolute Gasteiger partial charge is 0.326 e. The van der Waals surface area contributed by atoms with Gasteiger partial charge in [-0.1, -0.05) is 12.1 Å². The monoisotopic (exact) mass is 310 g/mol. The Kier molecular flexibility index (Phi) is 4.69. The maximum atomic E-state index is 12.3. The minimum absolute atomic E-state index is 0. The van der Waals surface area contributed by atoms with Crippen LogP contribution in [0.5, 0.6) is 0 Å². The number of H-pyrrole nitrogens is 1. The van der Waals surface area contributed by atoms with Crippen molar-refractivity contribution in [1.82, 2.24) is 14.5 Å². The molecule has 0 radical (unpaired) electrons. The fourth-order valence-electron chi connectivity index (χ4n) is 2.74. The Morgan fingerprint density at radius 1 is 1.38 bits per heavy atom. The molecule has 1 amide bonds. The van der Waals surface area contributed by atoms with Crippen molar-refractivity contribution in [2.75, 3.05) is 13.1 Å². The number of fused-ring (bicyclic) bond motifs is 1. The van der Waals surface area contributed by atoms with Crippen molar-refractivity contribution in [1.29, 1.82) is 0 Å². The highest BCUT2D eigenvalue weighted by Crippen LogP contribution is 2.12. The van der Waals surface area contributed by atoms with Crippen molar-refractivity contribution in [3.63, 3.8) is 0 Å². The molecule has 2 heterocycles. The zero-order valence-corrected chi connectivity index (χ0v) is 12.4. The van der Waals surface area contributed by atoms with Gasteiger partial charge in [-0.3, -0.25) is 9.36 Å². The van der Waals surface area contributed by atoms with Crippen molar-refractivity contribution < 1.29 is 4.79 Å². The number of nitrogens with two attached hydrogens (primary N) is 1. The van der Waals surface area contributed by atoms with Gasteiger partial charge in [-0.15, -0.1) is 12.4 Å². The highest BCUT2D eigenvalue weighted by Gasteiger charge is 2.22. The molecule has 0 aliphatic carbocycles. The average Bonchev–Trinajstić information content (AvgIpc) is 2.75. The summed E-state index contributed by atoms with van der Waals surface area (Å²) in [5, 5.41) is 0. The molecule has 1 aliphatic rings. The number of aromatic amines is 1. The molecular formula is C14H19ClN4O2. The van der Waals surface area contributed by atoms with Crippen LogP contribution in [-0.2, 0) is 11.3 Å². The summed E-state index contributed by atoms with van der Waals surface area (Å²) in [5.41, 5.74) is 7.15. The number of rotatable bonds is 2. The van der Waals surface area contributed by atoms with E-state index in [1.165, 1.54) is 4.57 Å². The molecule has 0 spiro atoms. The molecule has 0 bridgehead atoms. The van der Waals surface area contributed by atoms with Gasteiger partial charge in [0.25, 0.3) is 0 Å². The van der Waals surface area contributed by atoms with Gasteiger partial charge in [0, 0.05) is 19.1 Å². The van der Waals surface area contributed by atoms with Crippen LogP contribution in [0.25, 0.3) is 11.0 Å². The Bertz CT molecular complexity index is 694. The van der Waals surface area contributed by atoms with Crippen LogP contribution < -0.4 is 11.4 Å². The van der Waals surface area contributed by atoms with Crippen LogP contribution >= 0.6 is 12.4 Å². The van der Waals surface area contributed by atoms with Crippen LogP contribution in [0, 0.1) is 0 Å². The molecule has 21 heavy (non-hydrogen) atoms. The van der Waals surface area contributed by atoms with Crippen LogP contribution in [0.1, 0.15) is 12.8 Å². The van der Waals surface area contributed by atoms with Gasteiger partial charge in [0.2, 0.25) is 5.91 Å². The quantitative estimate of drug-likeness (QED) is 0.856. The minimum atomic E-state index is -0.249. The molecule has 1 aromatic carbocycles. The third-order valence-electron chi connectivity index (χ3n) is 3.79. The number of benzene rings is 1. The third kappa shape index (κ3) is 3.11. The van der Waals surface area contributed by atoms with Gasteiger partial charge in [-0.2, -0.15) is 0 Å². The molecule has 3 N–H and O–H groups in total. The lowest BCUT2D eigenvalue weighted by molar-refractivity contribution is -0.133. The Morgan fingerprint density at radius 2 is 2.14 bits per heavy atom. The van der Waals surface area contributed by atoms with E-state index >= 15 is 0 Å². The van der Waals surface area contributed by atoms with Crippen molar-refractivity contribution >= 4 is 29.3 Å². The van der Waals surface area contributed by atoms with Gasteiger partial charge in [0.05, 0.1) is 11.0 Å². The number of para-hydroxylation sites is 2. The number of nitrogens with one attached hydrogen (secondary N) is 1. The molecule has 7 heteroatoms. The first-order valence-corrected chi connectivity index (χ1v) is 6.86. The lowest BCUT2D eigenvalue weighted by Crippen LogP contribution is -2.47. The predicted octanol–water partition coefficient (Wildman–Crippen LogP) is 0.701. The highest BCUT2D eigenvalue weighted by molar-refractivity contribution is 5.85. The van der Waals surface area contributed by atoms with Crippen LogP contribution in [-0.4, -0.2) is 39.5 Å². The summed E-state index contributed by atoms with van der Waals surface area (Å²) in [5.74, 6) is -0.0491. The lowest BCUT2D eigenvalue weighted by atomic mass is 10.1. The fourth-order valence-corrected chi connectivity index (χ4v) is 2.74. The number of amides is 1. The van der Waals surface area contributed by atoms with E-state index in [9.17, 15) is 9.59 Å². The van der Waals surface area contributed by atoms with Gasteiger partial charge < -0.3 is 15.6 Å². The van der Waals surface area contributed by atoms with Crippen molar-refractivity contribution in [3.8, 4) is 0 Å². The van der Waals surface area contributed by atoms with Gasteiger partial charge in [-0.05, 0) is 25.0 Å². The zero-order chi connectivity index (χ0) is 14.1. The molecule has 114 valence electrons. The summed E-state index contributed by atoms with van der Waals surface area (Å²) in [6.07, 6.45) is 1.88. The van der Waals surface area contributed by atoms with Crippen molar-refractivity contribution in [2.24, 2.45) is 5.73 Å². The number of hydrogen-bond acceptors (Lipinski definition) is 3. The summed E-state index contributed by atoms with van der Waals surface area (Å²) >= 11 is 0. The van der Waals surface area contributed by atoms with E-state index in [4.69, 9.17) is 5.73 Å². The molecule has 2 aromatic rings. The van der Waals surface area contributed by atoms with E-state index in [0.717, 1.165) is 30.4 Å². The summed E-state index contributed by atoms with van der Waals surface area (Å²) in [6.45, 7) is 1.37. The second-order valence-corrected chi connectivity index (χ2v) is 5.28. The molecular weight excluding hydrogens is 292 g/mol. The van der Waals surface area contributed by atoms with Gasteiger partial charge >= 0.3 is 5.69 Å². The predicted molar refractivity (Wildman–Crippen MR) is 83.6 cm³/mol. The number of carbonyl (C=O) groups is 1. The van der Waals surface area contributed by atoms with E-state index in [1.54, 1.807) is 4.90 Å². The van der Waals surface area contributed by atoms with E-state index < -0.39 is 0 Å². The van der Waals surface area contributed by atoms with Crippen LogP contribution in [0.4, 0.5) is 0 Å². The van der Waals surface area contributed by atoms with E-state index in [-0.39, 0.29) is 36.6 Å². The third-order valence-corrected chi connectivity index (χ3v) is 3.79. The number of nitrogens with zero attached hydrogens (tertiary/aromatic N) is 2. The van der Waals surface area contributed by atoms with Crippen molar-refractivity contribution in [3.05, 3.63) is 34.7 Å². The molecule has 6 nitrogen and oxygen atoms in total. The maximum absolute atomic E-state index is 12.3. The molecule has 3 rings (SSSR count). The molecule has 0 saturated carbocycles. The first kappa shape index (κ1) is 15.6. The number of halogens is 1. The van der Waals surface area contributed by atoms with Crippen LogP contribution in [0.15, 0.2) is 29.1 Å². The van der Waals surface area contributed by atoms with E-state index in [0.29, 0.717) is 6.54 Å². The number of aromatic nitrogens is 2.